The molecule has 4 nitrogen and oxygen atoms in total. The van der Waals surface area contributed by atoms with Crippen LogP contribution in [0.1, 0.15) is 33.1 Å². The number of amides is 1. The van der Waals surface area contributed by atoms with Gasteiger partial charge in [-0.1, -0.05) is 20.3 Å². The summed E-state index contributed by atoms with van der Waals surface area (Å²) in [4.78, 5) is 11.7. The lowest BCUT2D eigenvalue weighted by Gasteiger charge is -2.08. The number of nitrogens with one attached hydrogen (secondary N) is 1. The average Bonchev–Trinajstić information content (AvgIpc) is 2.41. The molecule has 1 rings (SSSR count). The van der Waals surface area contributed by atoms with E-state index in [0.717, 1.165) is 17.9 Å². The van der Waals surface area contributed by atoms with E-state index < -0.39 is 10.8 Å². The fourth-order valence-corrected chi connectivity index (χ4v) is 3.21. The first kappa shape index (κ1) is 16.7. The first-order valence-electron chi connectivity index (χ1n) is 7.01. The molecule has 0 spiro atoms. The van der Waals surface area contributed by atoms with Crippen molar-refractivity contribution in [2.45, 2.75) is 33.1 Å². The van der Waals surface area contributed by atoms with Crippen LogP contribution in [0.25, 0.3) is 0 Å². The van der Waals surface area contributed by atoms with Crippen LogP contribution < -0.4 is 11.1 Å². The first-order chi connectivity index (χ1) is 9.51. The number of nitrogens with two attached hydrogens (primary N) is 1. The van der Waals surface area contributed by atoms with E-state index in [9.17, 15) is 9.00 Å². The van der Waals surface area contributed by atoms with Crippen molar-refractivity contribution in [3.63, 3.8) is 0 Å². The van der Waals surface area contributed by atoms with Crippen LogP contribution in [0.2, 0.25) is 0 Å². The van der Waals surface area contributed by atoms with E-state index in [1.807, 2.05) is 0 Å². The largest absolute Gasteiger partial charge is 0.399 e. The lowest BCUT2D eigenvalue weighted by atomic mass is 10.2. The Morgan fingerprint density at radius 2 is 2.00 bits per heavy atom. The molecule has 0 saturated carbocycles. The molecule has 1 aromatic rings. The van der Waals surface area contributed by atoms with Gasteiger partial charge in [0.05, 0.1) is 0 Å². The topological polar surface area (TPSA) is 72.2 Å². The SMILES string of the molecule is CCC(C)CS(=O)CCCC(=O)Nc1ccc(N)cc1. The minimum atomic E-state index is -0.813. The standard InChI is InChI=1S/C15H24N2O2S/c1-3-12(2)11-20(19)10-4-5-15(18)17-14-8-6-13(16)7-9-14/h6-9,12H,3-5,10-11,16H2,1-2H3,(H,17,18). The molecule has 1 amide bonds. The predicted molar refractivity (Wildman–Crippen MR) is 86.0 cm³/mol. The van der Waals surface area contributed by atoms with Crippen molar-refractivity contribution in [1.29, 1.82) is 0 Å². The Balaban J connectivity index is 2.23. The summed E-state index contributed by atoms with van der Waals surface area (Å²) in [5, 5.41) is 2.80. The van der Waals surface area contributed by atoms with Gasteiger partial charge in [0.2, 0.25) is 5.91 Å². The van der Waals surface area contributed by atoms with Gasteiger partial charge in [0.25, 0.3) is 0 Å². The third kappa shape index (κ3) is 6.70. The Morgan fingerprint density at radius 1 is 1.35 bits per heavy atom. The molecule has 20 heavy (non-hydrogen) atoms. The molecule has 5 heteroatoms. The van der Waals surface area contributed by atoms with E-state index >= 15 is 0 Å². The van der Waals surface area contributed by atoms with E-state index in [1.165, 1.54) is 0 Å². The summed E-state index contributed by atoms with van der Waals surface area (Å²) in [6, 6.07) is 7.04. The highest BCUT2D eigenvalue weighted by molar-refractivity contribution is 7.84. The smallest absolute Gasteiger partial charge is 0.224 e. The van der Waals surface area contributed by atoms with Crippen LogP contribution >= 0.6 is 0 Å². The number of hydrogen-bond donors (Lipinski definition) is 2. The van der Waals surface area contributed by atoms with Crippen LogP contribution in [-0.4, -0.2) is 21.6 Å². The summed E-state index contributed by atoms with van der Waals surface area (Å²) < 4.78 is 11.8. The molecule has 0 aliphatic carbocycles. The number of carbonyl (C=O) groups excluding carboxylic acids is 1. The third-order valence-corrected chi connectivity index (χ3v) is 4.82. The molecule has 0 bridgehead atoms. The molecular formula is C15H24N2O2S. The molecule has 0 heterocycles. The van der Waals surface area contributed by atoms with Gasteiger partial charge in [0.15, 0.2) is 0 Å². The molecule has 112 valence electrons. The molecule has 3 N–H and O–H groups in total. The lowest BCUT2D eigenvalue weighted by molar-refractivity contribution is -0.116. The monoisotopic (exact) mass is 296 g/mol. The number of nitrogen functional groups attached to an aromatic ring is 1. The third-order valence-electron chi connectivity index (χ3n) is 3.14. The number of benzene rings is 1. The Morgan fingerprint density at radius 3 is 2.60 bits per heavy atom. The van der Waals surface area contributed by atoms with E-state index in [-0.39, 0.29) is 5.91 Å². The molecule has 0 aromatic heterocycles. The maximum atomic E-state index is 11.8. The van der Waals surface area contributed by atoms with Crippen molar-refractivity contribution in [2.75, 3.05) is 22.6 Å². The van der Waals surface area contributed by atoms with Crippen molar-refractivity contribution in [1.82, 2.24) is 0 Å². The zero-order valence-corrected chi connectivity index (χ0v) is 13.0. The van der Waals surface area contributed by atoms with Gasteiger partial charge in [0.1, 0.15) is 0 Å². The minimum Gasteiger partial charge on any atom is -0.399 e. The van der Waals surface area contributed by atoms with Crippen LogP contribution in [0, 0.1) is 5.92 Å². The van der Waals surface area contributed by atoms with Crippen molar-refractivity contribution in [3.8, 4) is 0 Å². The summed E-state index contributed by atoms with van der Waals surface area (Å²) in [5.41, 5.74) is 6.99. The Hall–Kier alpha value is -1.36. The molecular weight excluding hydrogens is 272 g/mol. The average molecular weight is 296 g/mol. The van der Waals surface area contributed by atoms with Crippen LogP contribution in [0.3, 0.4) is 0 Å². The second-order valence-electron chi connectivity index (χ2n) is 5.10. The van der Waals surface area contributed by atoms with E-state index in [4.69, 9.17) is 5.73 Å². The zero-order valence-electron chi connectivity index (χ0n) is 12.2. The summed E-state index contributed by atoms with van der Waals surface area (Å²) in [6.45, 7) is 4.20. The highest BCUT2D eigenvalue weighted by Crippen LogP contribution is 2.11. The molecule has 2 unspecified atom stereocenters. The van der Waals surface area contributed by atoms with Crippen molar-refractivity contribution in [2.24, 2.45) is 5.92 Å². The van der Waals surface area contributed by atoms with Gasteiger partial charge in [0, 0.05) is 40.1 Å². The highest BCUT2D eigenvalue weighted by Gasteiger charge is 2.07. The van der Waals surface area contributed by atoms with Crippen LogP contribution in [0.15, 0.2) is 24.3 Å². The van der Waals surface area contributed by atoms with Gasteiger partial charge in [-0.15, -0.1) is 0 Å². The van der Waals surface area contributed by atoms with E-state index in [0.29, 0.717) is 30.2 Å². The van der Waals surface area contributed by atoms with Gasteiger partial charge in [-0.25, -0.2) is 0 Å². The molecule has 0 saturated heterocycles. The van der Waals surface area contributed by atoms with Crippen molar-refractivity contribution in [3.05, 3.63) is 24.3 Å². The minimum absolute atomic E-state index is 0.0460. The molecule has 2 atom stereocenters. The van der Waals surface area contributed by atoms with Crippen LogP contribution in [0.5, 0.6) is 0 Å². The van der Waals surface area contributed by atoms with Gasteiger partial charge in [-0.3, -0.25) is 9.00 Å². The fourth-order valence-electron chi connectivity index (χ4n) is 1.70. The zero-order chi connectivity index (χ0) is 15.0. The lowest BCUT2D eigenvalue weighted by Crippen LogP contribution is -2.14. The maximum absolute atomic E-state index is 11.8. The quantitative estimate of drug-likeness (QED) is 0.725. The van der Waals surface area contributed by atoms with Crippen molar-refractivity contribution < 1.29 is 9.00 Å². The number of rotatable bonds is 8. The van der Waals surface area contributed by atoms with E-state index in [1.54, 1.807) is 24.3 Å². The summed E-state index contributed by atoms with van der Waals surface area (Å²) in [5.74, 6) is 1.77. The molecule has 0 fully saturated rings. The second kappa shape index (κ2) is 8.74. The van der Waals surface area contributed by atoms with Crippen LogP contribution in [-0.2, 0) is 15.6 Å². The predicted octanol–water partition coefficient (Wildman–Crippen LogP) is 2.78. The fraction of sp³-hybridized carbons (Fsp3) is 0.533. The Bertz CT molecular complexity index is 446. The van der Waals surface area contributed by atoms with Crippen molar-refractivity contribution >= 4 is 28.1 Å². The summed E-state index contributed by atoms with van der Waals surface area (Å²) >= 11 is 0. The summed E-state index contributed by atoms with van der Waals surface area (Å²) in [7, 11) is -0.813. The number of anilines is 2. The van der Waals surface area contributed by atoms with Gasteiger partial charge < -0.3 is 11.1 Å². The van der Waals surface area contributed by atoms with Gasteiger partial charge in [-0.2, -0.15) is 0 Å². The second-order valence-corrected chi connectivity index (χ2v) is 6.72. The Labute approximate surface area is 123 Å². The van der Waals surface area contributed by atoms with E-state index in [2.05, 4.69) is 19.2 Å². The normalized spacial score (nSPS) is 13.7. The molecule has 0 aliphatic heterocycles. The Kier molecular flexibility index (Phi) is 7.30. The number of hydrogen-bond acceptors (Lipinski definition) is 3. The highest BCUT2D eigenvalue weighted by atomic mass is 32.2. The molecule has 0 aliphatic rings. The molecule has 1 aromatic carbocycles. The number of carbonyl (C=O) groups is 1. The van der Waals surface area contributed by atoms with Gasteiger partial charge in [-0.05, 0) is 36.6 Å². The first-order valence-corrected chi connectivity index (χ1v) is 8.50. The van der Waals surface area contributed by atoms with Crippen LogP contribution in [0.4, 0.5) is 11.4 Å². The maximum Gasteiger partial charge on any atom is 0.224 e. The van der Waals surface area contributed by atoms with Gasteiger partial charge >= 0.3 is 0 Å². The summed E-state index contributed by atoms with van der Waals surface area (Å²) in [6.07, 6.45) is 2.10. The molecule has 0 radical (unpaired) electrons.